The minimum atomic E-state index is -4.38. The molecule has 0 spiro atoms. The van der Waals surface area contributed by atoms with Crippen molar-refractivity contribution < 1.29 is 26.4 Å². The molecule has 1 N–H and O–H groups in total. The second-order valence-corrected chi connectivity index (χ2v) is 13.4. The van der Waals surface area contributed by atoms with Crippen molar-refractivity contribution in [3.8, 4) is 0 Å². The second-order valence-electron chi connectivity index (χ2n) is 11.6. The number of amides is 1. The lowest BCUT2D eigenvalue weighted by atomic mass is 9.80. The number of rotatable bonds is 11. The fraction of sp³-hybridized carbons (Fsp3) is 0.375. The molecule has 1 saturated carbocycles. The third-order valence-electron chi connectivity index (χ3n) is 8.49. The van der Waals surface area contributed by atoms with E-state index < -0.39 is 33.4 Å². The van der Waals surface area contributed by atoms with Gasteiger partial charge >= 0.3 is 6.18 Å². The van der Waals surface area contributed by atoms with Crippen LogP contribution in [0.3, 0.4) is 0 Å². The van der Waals surface area contributed by atoms with Gasteiger partial charge in [0, 0.05) is 30.3 Å². The maximum Gasteiger partial charge on any atom is 0.395 e. The first-order valence-electron chi connectivity index (χ1n) is 14.2. The molecule has 1 aliphatic rings. The maximum absolute atomic E-state index is 14.0. The maximum atomic E-state index is 14.0. The molecule has 3 aromatic carbocycles. The second kappa shape index (κ2) is 11.8. The highest BCUT2D eigenvalue weighted by atomic mass is 32.2. The number of halogens is 3. The molecule has 0 bridgehead atoms. The van der Waals surface area contributed by atoms with E-state index in [0.717, 1.165) is 15.2 Å². The molecule has 1 aliphatic carbocycles. The van der Waals surface area contributed by atoms with E-state index in [9.17, 15) is 26.4 Å². The van der Waals surface area contributed by atoms with E-state index in [1.807, 2.05) is 38.1 Å². The number of alkyl halides is 3. The first kappa shape index (κ1) is 30.7. The number of hydrogen-bond donors (Lipinski definition) is 1. The Labute approximate surface area is 249 Å². The summed E-state index contributed by atoms with van der Waals surface area (Å²) in [6.45, 7) is 2.12. The summed E-state index contributed by atoms with van der Waals surface area (Å²) < 4.78 is 69.6. The van der Waals surface area contributed by atoms with Gasteiger partial charge in [-0.25, -0.2) is 0 Å². The molecule has 0 aliphatic heterocycles. The molecule has 1 aromatic heterocycles. The van der Waals surface area contributed by atoms with E-state index in [0.29, 0.717) is 22.9 Å². The molecule has 5 rings (SSSR count). The number of nitrogens with one attached hydrogen (secondary N) is 1. The number of hydrogen-bond acceptors (Lipinski definition) is 5. The van der Waals surface area contributed by atoms with Gasteiger partial charge in [-0.05, 0) is 75.7 Å². The van der Waals surface area contributed by atoms with Crippen LogP contribution in [-0.4, -0.2) is 61.3 Å². The Hall–Kier alpha value is -3.70. The lowest BCUT2D eigenvalue weighted by Gasteiger charge is -2.30. The Morgan fingerprint density at radius 2 is 1.72 bits per heavy atom. The van der Waals surface area contributed by atoms with Gasteiger partial charge < -0.3 is 10.2 Å². The van der Waals surface area contributed by atoms with E-state index >= 15 is 0 Å². The fourth-order valence-electron chi connectivity index (χ4n) is 5.67. The normalized spacial score (nSPS) is 16.3. The molecule has 0 unspecified atom stereocenters. The molecule has 4 aromatic rings. The number of aromatic nitrogens is 2. The van der Waals surface area contributed by atoms with Gasteiger partial charge in [0.2, 0.25) is 5.91 Å². The van der Waals surface area contributed by atoms with Gasteiger partial charge in [0.25, 0.3) is 10.0 Å². The zero-order valence-corrected chi connectivity index (χ0v) is 25.1. The molecule has 1 heterocycles. The van der Waals surface area contributed by atoms with Gasteiger partial charge in [0.1, 0.15) is 0 Å². The summed E-state index contributed by atoms with van der Waals surface area (Å²) in [5.41, 5.74) is 0.965. The van der Waals surface area contributed by atoms with E-state index in [4.69, 9.17) is 0 Å². The highest BCUT2D eigenvalue weighted by molar-refractivity contribution is 7.90. The minimum Gasteiger partial charge on any atom is -0.355 e. The van der Waals surface area contributed by atoms with Gasteiger partial charge in [-0.2, -0.15) is 30.8 Å². The average Bonchev–Trinajstić information content (AvgIpc) is 3.67. The van der Waals surface area contributed by atoms with Crippen LogP contribution in [0.25, 0.3) is 10.9 Å². The zero-order valence-electron chi connectivity index (χ0n) is 24.3. The van der Waals surface area contributed by atoms with E-state index in [1.54, 1.807) is 60.7 Å². The Bertz CT molecular complexity index is 1700. The van der Waals surface area contributed by atoms with Crippen LogP contribution < -0.4 is 5.32 Å². The van der Waals surface area contributed by atoms with Crippen LogP contribution in [0.5, 0.6) is 0 Å². The molecule has 228 valence electrons. The number of carbonyl (C=O) groups is 1. The molecule has 0 saturated heterocycles. The number of benzene rings is 3. The third-order valence-corrected chi connectivity index (χ3v) is 10.1. The van der Waals surface area contributed by atoms with Crippen LogP contribution in [0.1, 0.15) is 41.9 Å². The van der Waals surface area contributed by atoms with Crippen molar-refractivity contribution in [1.29, 1.82) is 0 Å². The minimum absolute atomic E-state index is 0.0229. The Morgan fingerprint density at radius 3 is 2.33 bits per heavy atom. The van der Waals surface area contributed by atoms with E-state index in [2.05, 4.69) is 10.4 Å². The predicted molar refractivity (Wildman–Crippen MR) is 159 cm³/mol. The van der Waals surface area contributed by atoms with E-state index in [-0.39, 0.29) is 36.7 Å². The first-order valence-corrected chi connectivity index (χ1v) is 15.6. The van der Waals surface area contributed by atoms with Crippen molar-refractivity contribution >= 4 is 26.8 Å². The number of aryl methyl sites for hydroxylation is 1. The highest BCUT2D eigenvalue weighted by Crippen LogP contribution is 2.66. The fourth-order valence-corrected chi connectivity index (χ4v) is 6.94. The zero-order chi connectivity index (χ0) is 31.0. The molecular weight excluding hydrogens is 577 g/mol. The van der Waals surface area contributed by atoms with Crippen molar-refractivity contribution in [2.45, 2.75) is 55.6 Å². The lowest BCUT2D eigenvalue weighted by molar-refractivity contribution is -0.194. The van der Waals surface area contributed by atoms with Crippen molar-refractivity contribution in [2.75, 3.05) is 20.6 Å². The number of carbonyl (C=O) groups excluding carboxylic acids is 1. The summed E-state index contributed by atoms with van der Waals surface area (Å²) in [6.07, 6.45) is -2.55. The highest BCUT2D eigenvalue weighted by Gasteiger charge is 2.67. The molecular formula is C32H35F3N4O3S. The summed E-state index contributed by atoms with van der Waals surface area (Å²) in [5, 5.41) is 7.69. The van der Waals surface area contributed by atoms with Crippen molar-refractivity contribution in [3.05, 3.63) is 95.7 Å². The van der Waals surface area contributed by atoms with Crippen LogP contribution >= 0.6 is 0 Å². The summed E-state index contributed by atoms with van der Waals surface area (Å²) in [4.78, 5) is 15.1. The van der Waals surface area contributed by atoms with Crippen LogP contribution in [0.2, 0.25) is 0 Å². The van der Waals surface area contributed by atoms with Gasteiger partial charge in [-0.15, -0.1) is 0 Å². The van der Waals surface area contributed by atoms with Gasteiger partial charge in [-0.3, -0.25) is 4.79 Å². The van der Waals surface area contributed by atoms with Gasteiger partial charge in [0.15, 0.2) is 0 Å². The van der Waals surface area contributed by atoms with Gasteiger partial charge in [-0.1, -0.05) is 54.1 Å². The standard InChI is InChI=1S/C32H35F3N4O3S/c1-22-9-12-27(13-10-22)43(41,42)39-29-14-11-23(17-25(29)20-37-39)18-26(38(2)3)21-36-30(40)19-28(24-7-5-4-6-8-24)31(15-16-31)32(33,34)35/h4-14,17,20,26,28H,15-16,18-19,21H2,1-3H3,(H,36,40)/t26-,28-/m0/s1. The molecule has 1 fully saturated rings. The SMILES string of the molecule is Cc1ccc(S(=O)(=O)n2ncc3cc(C[C@@H](CNC(=O)C[C@@H](c4ccccc4)C4(C(F)(F)F)CC4)N(C)C)ccc32)cc1. The molecule has 7 nitrogen and oxygen atoms in total. The van der Waals surface area contributed by atoms with Crippen LogP contribution in [-0.2, 0) is 21.2 Å². The van der Waals surface area contributed by atoms with Gasteiger partial charge in [0.05, 0.1) is 22.0 Å². The monoisotopic (exact) mass is 612 g/mol. The van der Waals surface area contributed by atoms with E-state index in [1.165, 1.54) is 6.20 Å². The molecule has 2 atom stereocenters. The van der Waals surface area contributed by atoms with Crippen molar-refractivity contribution in [3.63, 3.8) is 0 Å². The number of likely N-dealkylation sites (N-methyl/N-ethyl adjacent to an activating group) is 1. The third kappa shape index (κ3) is 6.33. The number of nitrogens with zero attached hydrogens (tertiary/aromatic N) is 3. The molecule has 1 amide bonds. The summed E-state index contributed by atoms with van der Waals surface area (Å²) in [7, 11) is -0.128. The molecule has 0 radical (unpaired) electrons. The van der Waals surface area contributed by atoms with Crippen molar-refractivity contribution in [2.24, 2.45) is 5.41 Å². The Morgan fingerprint density at radius 1 is 1.05 bits per heavy atom. The van der Waals surface area contributed by atoms with Crippen LogP contribution in [0.15, 0.2) is 83.9 Å². The van der Waals surface area contributed by atoms with Crippen LogP contribution in [0.4, 0.5) is 13.2 Å². The summed E-state index contributed by atoms with van der Waals surface area (Å²) >= 11 is 0. The number of fused-ring (bicyclic) bond motifs is 1. The molecule has 43 heavy (non-hydrogen) atoms. The quantitative estimate of drug-likeness (QED) is 0.236. The topological polar surface area (TPSA) is 84.3 Å². The Balaban J connectivity index is 1.28. The first-order chi connectivity index (χ1) is 20.3. The molecule has 11 heteroatoms. The Kier molecular flexibility index (Phi) is 8.41. The van der Waals surface area contributed by atoms with Crippen LogP contribution in [0, 0.1) is 12.3 Å². The lowest BCUT2D eigenvalue weighted by Crippen LogP contribution is -2.42. The van der Waals surface area contributed by atoms with Crippen molar-refractivity contribution in [1.82, 2.24) is 19.4 Å². The predicted octanol–water partition coefficient (Wildman–Crippen LogP) is 5.69. The smallest absolute Gasteiger partial charge is 0.355 e. The largest absolute Gasteiger partial charge is 0.395 e. The average molecular weight is 613 g/mol. The summed E-state index contributed by atoms with van der Waals surface area (Å²) in [6, 6.07) is 20.3. The summed E-state index contributed by atoms with van der Waals surface area (Å²) in [5.74, 6) is -1.36.